The van der Waals surface area contributed by atoms with Crippen molar-refractivity contribution in [2.45, 2.75) is 6.92 Å². The molecular weight excluding hydrogens is 280 g/mol. The lowest BCUT2D eigenvalue weighted by molar-refractivity contribution is 0.0973. The van der Waals surface area contributed by atoms with E-state index in [1.54, 1.807) is 24.3 Å². The number of Topliss-reactive ketones (excluding diaryl/α,β-unsaturated/α-hetero) is 2. The molecule has 5 heteroatoms. The summed E-state index contributed by atoms with van der Waals surface area (Å²) in [6.45, 7) is 5.90. The molecule has 1 heterocycles. The van der Waals surface area contributed by atoms with E-state index in [1.165, 1.54) is 0 Å². The average Bonchev–Trinajstić information content (AvgIpc) is 2.80. The molecule has 0 bridgehead atoms. The molecule has 1 aromatic carbocycles. The number of hydrogen-bond acceptors (Lipinski definition) is 5. The number of β-amino-alcohol motifs (C(OH)–C–C–N with tert-alkyl or cyclic N) is 1. The molecule has 1 aliphatic heterocycles. The lowest BCUT2D eigenvalue weighted by atomic mass is 10.1. The van der Waals surface area contributed by atoms with Gasteiger partial charge in [0.2, 0.25) is 0 Å². The molecular formula is C17H20N2O3. The molecule has 0 aromatic heterocycles. The van der Waals surface area contributed by atoms with E-state index in [2.05, 4.69) is 9.80 Å². The standard InChI is InChI=1S/C17H20N2O3/c1-12(19-8-6-18(7-9-19)10-11-20)15-16(21)13-4-2-3-5-14(13)17(15)22/h2-5,20H,6-11H2,1H3. The minimum absolute atomic E-state index is 0.157. The quantitative estimate of drug-likeness (QED) is 0.665. The first kappa shape index (κ1) is 14.9. The van der Waals surface area contributed by atoms with E-state index in [4.69, 9.17) is 5.11 Å². The Morgan fingerprint density at radius 2 is 1.59 bits per heavy atom. The Morgan fingerprint density at radius 1 is 1.05 bits per heavy atom. The number of aliphatic hydroxyl groups is 1. The van der Waals surface area contributed by atoms with Crippen molar-refractivity contribution in [3.05, 3.63) is 46.7 Å². The van der Waals surface area contributed by atoms with Crippen LogP contribution in [0.4, 0.5) is 0 Å². The van der Waals surface area contributed by atoms with Crippen LogP contribution in [0.5, 0.6) is 0 Å². The third-order valence-electron chi connectivity index (χ3n) is 4.50. The summed E-state index contributed by atoms with van der Waals surface area (Å²) in [7, 11) is 0. The van der Waals surface area contributed by atoms with Gasteiger partial charge in [-0.3, -0.25) is 14.5 Å². The summed E-state index contributed by atoms with van der Waals surface area (Å²) < 4.78 is 0. The molecule has 116 valence electrons. The van der Waals surface area contributed by atoms with Crippen LogP contribution in [0.2, 0.25) is 0 Å². The molecule has 0 unspecified atom stereocenters. The largest absolute Gasteiger partial charge is 0.395 e. The fourth-order valence-corrected chi connectivity index (χ4v) is 3.19. The minimum Gasteiger partial charge on any atom is -0.395 e. The van der Waals surface area contributed by atoms with Crippen LogP contribution < -0.4 is 0 Å². The van der Waals surface area contributed by atoms with Gasteiger partial charge in [-0.1, -0.05) is 24.3 Å². The Hall–Kier alpha value is -1.98. The van der Waals surface area contributed by atoms with Gasteiger partial charge < -0.3 is 10.0 Å². The van der Waals surface area contributed by atoms with Gasteiger partial charge in [-0.2, -0.15) is 0 Å². The molecule has 3 rings (SSSR count). The molecule has 1 N–H and O–H groups in total. The van der Waals surface area contributed by atoms with Crippen molar-refractivity contribution in [1.82, 2.24) is 9.80 Å². The van der Waals surface area contributed by atoms with Gasteiger partial charge >= 0.3 is 0 Å². The van der Waals surface area contributed by atoms with E-state index in [0.29, 0.717) is 23.2 Å². The monoisotopic (exact) mass is 300 g/mol. The van der Waals surface area contributed by atoms with Gasteiger partial charge in [0.25, 0.3) is 0 Å². The third-order valence-corrected chi connectivity index (χ3v) is 4.50. The minimum atomic E-state index is -0.157. The third kappa shape index (κ3) is 2.46. The molecule has 0 saturated carbocycles. The molecule has 1 aliphatic carbocycles. The highest BCUT2D eigenvalue weighted by atomic mass is 16.3. The molecule has 1 saturated heterocycles. The number of rotatable bonds is 3. The molecule has 0 spiro atoms. The van der Waals surface area contributed by atoms with Gasteiger partial charge in [0.1, 0.15) is 0 Å². The van der Waals surface area contributed by atoms with Gasteiger partial charge in [-0.25, -0.2) is 0 Å². The Bertz CT molecular complexity index is 606. The fourth-order valence-electron chi connectivity index (χ4n) is 3.19. The second kappa shape index (κ2) is 6.02. The van der Waals surface area contributed by atoms with Crippen LogP contribution in [0.3, 0.4) is 0 Å². The Kier molecular flexibility index (Phi) is 4.09. The maximum absolute atomic E-state index is 12.5. The number of nitrogens with zero attached hydrogens (tertiary/aromatic N) is 2. The predicted molar refractivity (Wildman–Crippen MR) is 82.9 cm³/mol. The highest BCUT2D eigenvalue weighted by molar-refractivity contribution is 6.39. The van der Waals surface area contributed by atoms with Crippen LogP contribution in [0.25, 0.3) is 0 Å². The van der Waals surface area contributed by atoms with Crippen molar-refractivity contribution in [3.8, 4) is 0 Å². The zero-order chi connectivity index (χ0) is 15.7. The summed E-state index contributed by atoms with van der Waals surface area (Å²) in [4.78, 5) is 29.3. The van der Waals surface area contributed by atoms with Crippen molar-refractivity contribution in [2.24, 2.45) is 0 Å². The summed E-state index contributed by atoms with van der Waals surface area (Å²) in [5, 5.41) is 8.98. The molecule has 1 aromatic rings. The summed E-state index contributed by atoms with van der Waals surface area (Å²) in [5.74, 6) is -0.313. The zero-order valence-electron chi connectivity index (χ0n) is 12.7. The van der Waals surface area contributed by atoms with Crippen LogP contribution in [0.1, 0.15) is 27.6 Å². The number of hydrogen-bond donors (Lipinski definition) is 1. The van der Waals surface area contributed by atoms with Crippen LogP contribution in [-0.2, 0) is 0 Å². The maximum atomic E-state index is 12.5. The summed E-state index contributed by atoms with van der Waals surface area (Å²) in [5.41, 5.74) is 2.12. The van der Waals surface area contributed by atoms with E-state index in [1.807, 2.05) is 6.92 Å². The van der Waals surface area contributed by atoms with Crippen molar-refractivity contribution in [1.29, 1.82) is 0 Å². The number of carbonyl (C=O) groups is 2. The molecule has 0 radical (unpaired) electrons. The van der Waals surface area contributed by atoms with Crippen LogP contribution >= 0.6 is 0 Å². The van der Waals surface area contributed by atoms with Gasteiger partial charge in [0, 0.05) is 49.5 Å². The van der Waals surface area contributed by atoms with Crippen molar-refractivity contribution < 1.29 is 14.7 Å². The highest BCUT2D eigenvalue weighted by Gasteiger charge is 2.35. The fraction of sp³-hybridized carbons (Fsp3) is 0.412. The molecule has 5 nitrogen and oxygen atoms in total. The van der Waals surface area contributed by atoms with E-state index in [9.17, 15) is 9.59 Å². The SMILES string of the molecule is CC(=C1C(=O)c2ccccc2C1=O)N1CCN(CCO)CC1. The zero-order valence-corrected chi connectivity index (χ0v) is 12.7. The van der Waals surface area contributed by atoms with Crippen molar-refractivity contribution in [2.75, 3.05) is 39.3 Å². The highest BCUT2D eigenvalue weighted by Crippen LogP contribution is 2.29. The maximum Gasteiger partial charge on any atom is 0.199 e. The van der Waals surface area contributed by atoms with E-state index in [-0.39, 0.29) is 18.2 Å². The van der Waals surface area contributed by atoms with Crippen molar-refractivity contribution in [3.63, 3.8) is 0 Å². The number of ketones is 2. The van der Waals surface area contributed by atoms with Gasteiger partial charge in [-0.05, 0) is 6.92 Å². The van der Waals surface area contributed by atoms with Crippen LogP contribution in [0, 0.1) is 0 Å². The lowest BCUT2D eigenvalue weighted by Gasteiger charge is -2.36. The topological polar surface area (TPSA) is 60.9 Å². The number of aliphatic hydroxyl groups excluding tert-OH is 1. The lowest BCUT2D eigenvalue weighted by Crippen LogP contribution is -2.46. The Morgan fingerprint density at radius 3 is 2.09 bits per heavy atom. The number of carbonyl (C=O) groups excluding carboxylic acids is 2. The molecule has 0 amide bonds. The van der Waals surface area contributed by atoms with Crippen molar-refractivity contribution >= 4 is 11.6 Å². The first-order valence-electron chi connectivity index (χ1n) is 7.61. The Balaban J connectivity index is 1.83. The van der Waals surface area contributed by atoms with Gasteiger partial charge in [-0.15, -0.1) is 0 Å². The number of allylic oxidation sites excluding steroid dienone is 2. The van der Waals surface area contributed by atoms with Gasteiger partial charge in [0.15, 0.2) is 11.6 Å². The van der Waals surface area contributed by atoms with E-state index in [0.717, 1.165) is 31.9 Å². The predicted octanol–water partition coefficient (Wildman–Crippen LogP) is 0.950. The summed E-state index contributed by atoms with van der Waals surface area (Å²) >= 11 is 0. The number of piperazine rings is 1. The Labute approximate surface area is 129 Å². The second-order valence-corrected chi connectivity index (χ2v) is 5.72. The molecule has 2 aliphatic rings. The normalized spacial score (nSPS) is 18.8. The first-order valence-corrected chi connectivity index (χ1v) is 7.61. The average molecular weight is 300 g/mol. The molecule has 0 atom stereocenters. The summed E-state index contributed by atoms with van der Waals surface area (Å²) in [6.07, 6.45) is 0. The molecule has 22 heavy (non-hydrogen) atoms. The first-order chi connectivity index (χ1) is 10.6. The summed E-state index contributed by atoms with van der Waals surface area (Å²) in [6, 6.07) is 7.01. The smallest absolute Gasteiger partial charge is 0.199 e. The second-order valence-electron chi connectivity index (χ2n) is 5.72. The van der Waals surface area contributed by atoms with Crippen LogP contribution in [0.15, 0.2) is 35.5 Å². The van der Waals surface area contributed by atoms with Crippen LogP contribution in [-0.4, -0.2) is 65.8 Å². The number of benzene rings is 1. The van der Waals surface area contributed by atoms with Gasteiger partial charge in [0.05, 0.1) is 12.2 Å². The number of fused-ring (bicyclic) bond motifs is 1. The van der Waals surface area contributed by atoms with E-state index < -0.39 is 0 Å². The molecule has 1 fully saturated rings. The van der Waals surface area contributed by atoms with E-state index >= 15 is 0 Å².